The van der Waals surface area contributed by atoms with Crippen molar-refractivity contribution in [3.05, 3.63) is 59.9 Å². The van der Waals surface area contributed by atoms with Crippen molar-refractivity contribution in [3.63, 3.8) is 0 Å². The van der Waals surface area contributed by atoms with E-state index >= 15 is 0 Å². The zero-order valence-electron chi connectivity index (χ0n) is 10.9. The number of benzene rings is 1. The van der Waals surface area contributed by atoms with Crippen molar-refractivity contribution in [2.45, 2.75) is 18.9 Å². The largest absolute Gasteiger partial charge is 0.493 e. The second kappa shape index (κ2) is 5.85. The third-order valence-corrected chi connectivity index (χ3v) is 3.53. The predicted molar refractivity (Wildman–Crippen MR) is 75.2 cm³/mol. The molecule has 0 radical (unpaired) electrons. The van der Waals surface area contributed by atoms with Gasteiger partial charge in [-0.15, -0.1) is 0 Å². The van der Waals surface area contributed by atoms with Crippen LogP contribution < -0.4 is 10.1 Å². The van der Waals surface area contributed by atoms with Gasteiger partial charge in [-0.3, -0.25) is 4.98 Å². The minimum Gasteiger partial charge on any atom is -0.493 e. The Hall–Kier alpha value is -1.87. The molecule has 19 heavy (non-hydrogen) atoms. The number of pyridine rings is 1. The molecule has 98 valence electrons. The van der Waals surface area contributed by atoms with Crippen LogP contribution in [-0.2, 0) is 6.54 Å². The molecule has 3 heteroatoms. The van der Waals surface area contributed by atoms with Gasteiger partial charge in [-0.25, -0.2) is 0 Å². The maximum Gasteiger partial charge on any atom is 0.122 e. The molecule has 1 aliphatic rings. The number of fused-ring (bicyclic) bond motifs is 1. The van der Waals surface area contributed by atoms with E-state index in [1.165, 1.54) is 11.1 Å². The van der Waals surface area contributed by atoms with Gasteiger partial charge in [0.05, 0.1) is 6.61 Å². The molecule has 1 aromatic carbocycles. The highest BCUT2D eigenvalue weighted by molar-refractivity contribution is 5.37. The number of ether oxygens (including phenoxy) is 1. The third-order valence-electron chi connectivity index (χ3n) is 3.53. The Morgan fingerprint density at radius 3 is 3.05 bits per heavy atom. The predicted octanol–water partition coefficient (Wildman–Crippen LogP) is 2.74. The van der Waals surface area contributed by atoms with E-state index in [2.05, 4.69) is 34.6 Å². The van der Waals surface area contributed by atoms with Crippen LogP contribution in [0.4, 0.5) is 0 Å². The van der Waals surface area contributed by atoms with E-state index < -0.39 is 0 Å². The van der Waals surface area contributed by atoms with Crippen molar-refractivity contribution in [2.24, 2.45) is 0 Å². The molecule has 2 aromatic rings. The minimum atomic E-state index is 0.543. The van der Waals surface area contributed by atoms with Crippen LogP contribution >= 0.6 is 0 Å². The molecule has 0 spiro atoms. The van der Waals surface area contributed by atoms with Crippen molar-refractivity contribution in [1.29, 1.82) is 0 Å². The van der Waals surface area contributed by atoms with Crippen LogP contribution in [0, 0.1) is 0 Å². The maximum atomic E-state index is 5.68. The average molecular weight is 254 g/mol. The lowest BCUT2D eigenvalue weighted by Gasteiger charge is -2.26. The van der Waals surface area contributed by atoms with E-state index in [1.807, 2.05) is 18.3 Å². The average Bonchev–Trinajstić information content (AvgIpc) is 2.49. The number of hydrogen-bond donors (Lipinski definition) is 1. The smallest absolute Gasteiger partial charge is 0.122 e. The molecule has 0 aliphatic carbocycles. The van der Waals surface area contributed by atoms with Gasteiger partial charge in [0.2, 0.25) is 0 Å². The van der Waals surface area contributed by atoms with Gasteiger partial charge in [0.1, 0.15) is 5.75 Å². The van der Waals surface area contributed by atoms with Crippen LogP contribution in [-0.4, -0.2) is 18.1 Å². The number of para-hydroxylation sites is 1. The SMILES string of the molecule is c1cncc(CNCC2CCOc3ccccc32)c1. The van der Waals surface area contributed by atoms with Crippen LogP contribution in [0.3, 0.4) is 0 Å². The molecule has 3 nitrogen and oxygen atoms in total. The van der Waals surface area contributed by atoms with Crippen molar-refractivity contribution in [2.75, 3.05) is 13.2 Å². The fourth-order valence-corrected chi connectivity index (χ4v) is 2.52. The summed E-state index contributed by atoms with van der Waals surface area (Å²) >= 11 is 0. The second-order valence-corrected chi connectivity index (χ2v) is 4.86. The second-order valence-electron chi connectivity index (χ2n) is 4.86. The van der Waals surface area contributed by atoms with Crippen LogP contribution in [0.15, 0.2) is 48.8 Å². The molecular formula is C16H18N2O. The van der Waals surface area contributed by atoms with Gasteiger partial charge >= 0.3 is 0 Å². The van der Waals surface area contributed by atoms with Crippen LogP contribution in [0.25, 0.3) is 0 Å². The highest BCUT2D eigenvalue weighted by Gasteiger charge is 2.20. The molecule has 0 bridgehead atoms. The van der Waals surface area contributed by atoms with Crippen LogP contribution in [0.2, 0.25) is 0 Å². The first-order chi connectivity index (χ1) is 9.43. The summed E-state index contributed by atoms with van der Waals surface area (Å²) in [6.45, 7) is 2.67. The zero-order valence-corrected chi connectivity index (χ0v) is 10.9. The van der Waals surface area contributed by atoms with Crippen molar-refractivity contribution in [3.8, 4) is 5.75 Å². The van der Waals surface area contributed by atoms with Crippen molar-refractivity contribution < 1.29 is 4.74 Å². The maximum absolute atomic E-state index is 5.68. The molecule has 0 saturated heterocycles. The summed E-state index contributed by atoms with van der Waals surface area (Å²) in [7, 11) is 0. The number of aromatic nitrogens is 1. The van der Waals surface area contributed by atoms with E-state index in [9.17, 15) is 0 Å². The Morgan fingerprint density at radius 1 is 1.21 bits per heavy atom. The number of hydrogen-bond acceptors (Lipinski definition) is 3. The van der Waals surface area contributed by atoms with Gasteiger partial charge in [0.25, 0.3) is 0 Å². The van der Waals surface area contributed by atoms with E-state index in [0.717, 1.165) is 31.9 Å². The lowest BCUT2D eigenvalue weighted by Crippen LogP contribution is -2.25. The van der Waals surface area contributed by atoms with Crippen molar-refractivity contribution in [1.82, 2.24) is 10.3 Å². The van der Waals surface area contributed by atoms with Gasteiger partial charge < -0.3 is 10.1 Å². The van der Waals surface area contributed by atoms with Gasteiger partial charge in [-0.2, -0.15) is 0 Å². The Bertz CT molecular complexity index is 527. The summed E-state index contributed by atoms with van der Waals surface area (Å²) in [4.78, 5) is 4.13. The zero-order chi connectivity index (χ0) is 12.9. The van der Waals surface area contributed by atoms with Gasteiger partial charge in [0, 0.05) is 31.4 Å². The summed E-state index contributed by atoms with van der Waals surface area (Å²) in [6.07, 6.45) is 4.79. The van der Waals surface area contributed by atoms with Gasteiger partial charge in [-0.05, 0) is 29.7 Å². The highest BCUT2D eigenvalue weighted by atomic mass is 16.5. The molecule has 3 rings (SSSR count). The lowest BCUT2D eigenvalue weighted by molar-refractivity contribution is 0.264. The Balaban J connectivity index is 1.59. The topological polar surface area (TPSA) is 34.2 Å². The van der Waals surface area contributed by atoms with Crippen molar-refractivity contribution >= 4 is 0 Å². The Kier molecular flexibility index (Phi) is 3.75. The van der Waals surface area contributed by atoms with Crippen LogP contribution in [0.5, 0.6) is 5.75 Å². The summed E-state index contributed by atoms with van der Waals surface area (Å²) in [5, 5.41) is 3.52. The normalized spacial score (nSPS) is 17.6. The first-order valence-corrected chi connectivity index (χ1v) is 6.75. The van der Waals surface area contributed by atoms with Gasteiger partial charge in [-0.1, -0.05) is 24.3 Å². The number of rotatable bonds is 4. The molecule has 0 fully saturated rings. The molecular weight excluding hydrogens is 236 g/mol. The number of nitrogens with zero attached hydrogens (tertiary/aromatic N) is 1. The Morgan fingerprint density at radius 2 is 2.16 bits per heavy atom. The molecule has 0 saturated carbocycles. The van der Waals surface area contributed by atoms with Crippen LogP contribution in [0.1, 0.15) is 23.5 Å². The summed E-state index contributed by atoms with van der Waals surface area (Å²) in [5.41, 5.74) is 2.55. The minimum absolute atomic E-state index is 0.543. The molecule has 1 aromatic heterocycles. The lowest BCUT2D eigenvalue weighted by atomic mass is 9.93. The Labute approximate surface area is 113 Å². The summed E-state index contributed by atoms with van der Waals surface area (Å²) in [5.74, 6) is 1.59. The molecule has 1 N–H and O–H groups in total. The fraction of sp³-hybridized carbons (Fsp3) is 0.312. The summed E-state index contributed by atoms with van der Waals surface area (Å²) in [6, 6.07) is 12.4. The standard InChI is InChI=1S/C16H18N2O/c1-2-6-16-15(5-1)14(7-9-19-16)12-18-11-13-4-3-8-17-10-13/h1-6,8,10,14,18H,7,9,11-12H2. The van der Waals surface area contributed by atoms with E-state index in [0.29, 0.717) is 5.92 Å². The first kappa shape index (κ1) is 12.2. The molecule has 2 heterocycles. The molecule has 0 amide bonds. The highest BCUT2D eigenvalue weighted by Crippen LogP contribution is 2.32. The van der Waals surface area contributed by atoms with Gasteiger partial charge in [0.15, 0.2) is 0 Å². The third kappa shape index (κ3) is 2.93. The summed E-state index contributed by atoms with van der Waals surface area (Å²) < 4.78 is 5.68. The number of nitrogens with one attached hydrogen (secondary N) is 1. The monoisotopic (exact) mass is 254 g/mol. The fourth-order valence-electron chi connectivity index (χ4n) is 2.52. The molecule has 1 atom stereocenters. The molecule has 1 unspecified atom stereocenters. The molecule has 1 aliphatic heterocycles. The van der Waals surface area contributed by atoms with E-state index in [-0.39, 0.29) is 0 Å². The quantitative estimate of drug-likeness (QED) is 0.911. The first-order valence-electron chi connectivity index (χ1n) is 6.75. The van der Waals surface area contributed by atoms with E-state index in [4.69, 9.17) is 4.74 Å². The van der Waals surface area contributed by atoms with E-state index in [1.54, 1.807) is 6.20 Å².